The summed E-state index contributed by atoms with van der Waals surface area (Å²) >= 11 is 1.55. The average molecular weight is 275 g/mol. The van der Waals surface area contributed by atoms with Crippen LogP contribution in [0.25, 0.3) is 0 Å². The highest BCUT2D eigenvalue weighted by Gasteiger charge is 2.12. The summed E-state index contributed by atoms with van der Waals surface area (Å²) in [6.07, 6.45) is 4.21. The molecule has 2 N–H and O–H groups in total. The fourth-order valence-electron chi connectivity index (χ4n) is 1.62. The van der Waals surface area contributed by atoms with E-state index >= 15 is 0 Å². The fraction of sp³-hybridized carbons (Fsp3) is 0.846. The van der Waals surface area contributed by atoms with Crippen molar-refractivity contribution in [3.8, 4) is 0 Å². The van der Waals surface area contributed by atoms with E-state index in [-0.39, 0.29) is 11.0 Å². The lowest BCUT2D eigenvalue weighted by Crippen LogP contribution is -2.32. The van der Waals surface area contributed by atoms with E-state index in [0.29, 0.717) is 12.8 Å². The Labute approximate surface area is 114 Å². The molecule has 106 valence electrons. The first-order valence-electron chi connectivity index (χ1n) is 6.58. The molecule has 0 radical (unpaired) electrons. The molecule has 0 aliphatic rings. The van der Waals surface area contributed by atoms with Crippen LogP contribution in [0.1, 0.15) is 46.0 Å². The molecular weight excluding hydrogens is 250 g/mol. The van der Waals surface area contributed by atoms with Crippen LogP contribution in [0.4, 0.5) is 0 Å². The van der Waals surface area contributed by atoms with E-state index in [1.165, 1.54) is 0 Å². The minimum atomic E-state index is -0.618. The zero-order valence-corrected chi connectivity index (χ0v) is 12.2. The van der Waals surface area contributed by atoms with Crippen molar-refractivity contribution in [2.45, 2.75) is 57.4 Å². The maximum absolute atomic E-state index is 10.7. The lowest BCUT2D eigenvalue weighted by Gasteiger charge is -2.16. The zero-order chi connectivity index (χ0) is 13.8. The van der Waals surface area contributed by atoms with E-state index in [1.807, 2.05) is 6.92 Å². The van der Waals surface area contributed by atoms with Gasteiger partial charge in [-0.15, -0.1) is 0 Å². The van der Waals surface area contributed by atoms with Crippen LogP contribution in [-0.4, -0.2) is 41.0 Å². The Morgan fingerprint density at radius 1 is 1.39 bits per heavy atom. The van der Waals surface area contributed by atoms with Crippen LogP contribution in [0.15, 0.2) is 0 Å². The molecule has 4 nitrogen and oxygen atoms in total. The first-order valence-corrected chi connectivity index (χ1v) is 7.62. The molecule has 0 heterocycles. The molecule has 2 unspecified atom stereocenters. The molecule has 18 heavy (non-hydrogen) atoms. The van der Waals surface area contributed by atoms with Crippen molar-refractivity contribution in [1.29, 1.82) is 0 Å². The van der Waals surface area contributed by atoms with E-state index in [4.69, 9.17) is 0 Å². The molecule has 0 saturated heterocycles. The fourth-order valence-corrected chi connectivity index (χ4v) is 2.45. The van der Waals surface area contributed by atoms with Crippen LogP contribution in [0.3, 0.4) is 0 Å². The van der Waals surface area contributed by atoms with Gasteiger partial charge in [0.25, 0.3) is 0 Å². The molecule has 0 aromatic carbocycles. The van der Waals surface area contributed by atoms with Gasteiger partial charge >= 0.3 is 0 Å². The van der Waals surface area contributed by atoms with Gasteiger partial charge in [-0.3, -0.25) is 5.32 Å². The molecule has 0 amide bonds. The molecule has 5 heteroatoms. The minimum Gasteiger partial charge on any atom is -0.379 e. The number of ketones is 1. The van der Waals surface area contributed by atoms with Gasteiger partial charge in [0.1, 0.15) is 18.3 Å². The van der Waals surface area contributed by atoms with E-state index in [1.54, 1.807) is 18.7 Å². The number of thioether (sulfide) groups is 1. The number of unbranched alkanes of at least 4 members (excludes halogenated alkanes) is 2. The van der Waals surface area contributed by atoms with Crippen molar-refractivity contribution in [3.63, 3.8) is 0 Å². The van der Waals surface area contributed by atoms with E-state index < -0.39 is 6.23 Å². The number of aldehydes is 1. The molecule has 0 saturated carbocycles. The Bertz CT molecular complexity index is 236. The molecule has 0 aromatic heterocycles. The zero-order valence-electron chi connectivity index (χ0n) is 11.4. The SMILES string of the molecule is CCSC(C=O)CC(O)NCCCCCC(C)=O. The second-order valence-corrected chi connectivity index (χ2v) is 5.86. The van der Waals surface area contributed by atoms with Crippen molar-refractivity contribution >= 4 is 23.8 Å². The molecule has 2 atom stereocenters. The number of hydrogen-bond acceptors (Lipinski definition) is 5. The number of hydrogen-bond donors (Lipinski definition) is 2. The van der Waals surface area contributed by atoms with Crippen LogP contribution >= 0.6 is 11.8 Å². The summed E-state index contributed by atoms with van der Waals surface area (Å²) in [5, 5.41) is 12.5. The number of aliphatic hydroxyl groups excluding tert-OH is 1. The van der Waals surface area contributed by atoms with Gasteiger partial charge < -0.3 is 14.7 Å². The largest absolute Gasteiger partial charge is 0.379 e. The van der Waals surface area contributed by atoms with Crippen LogP contribution in [0.2, 0.25) is 0 Å². The summed E-state index contributed by atoms with van der Waals surface area (Å²) in [4.78, 5) is 21.4. The van der Waals surface area contributed by atoms with Crippen LogP contribution in [0.5, 0.6) is 0 Å². The third kappa shape index (κ3) is 10.7. The molecule has 0 fully saturated rings. The summed E-state index contributed by atoms with van der Waals surface area (Å²) in [5.41, 5.74) is 0. The van der Waals surface area contributed by atoms with Gasteiger partial charge in [-0.2, -0.15) is 11.8 Å². The van der Waals surface area contributed by atoms with Gasteiger partial charge in [0.15, 0.2) is 0 Å². The van der Waals surface area contributed by atoms with E-state index in [9.17, 15) is 14.7 Å². The van der Waals surface area contributed by atoms with E-state index in [0.717, 1.165) is 37.8 Å². The number of nitrogens with one attached hydrogen (secondary N) is 1. The average Bonchev–Trinajstić information content (AvgIpc) is 2.32. The van der Waals surface area contributed by atoms with Gasteiger partial charge in [0.2, 0.25) is 0 Å². The number of carbonyl (C=O) groups is 2. The standard InChI is InChI=1S/C13H25NO3S/c1-3-18-12(10-15)9-13(17)14-8-6-4-5-7-11(2)16/h10,12-14,17H,3-9H2,1-2H3. The highest BCUT2D eigenvalue weighted by atomic mass is 32.2. The van der Waals surface area contributed by atoms with Crippen molar-refractivity contribution in [1.82, 2.24) is 5.32 Å². The Kier molecular flexibility index (Phi) is 11.4. The molecule has 0 rings (SSSR count). The lowest BCUT2D eigenvalue weighted by molar-refractivity contribution is -0.117. The van der Waals surface area contributed by atoms with Crippen molar-refractivity contribution in [2.24, 2.45) is 0 Å². The molecule has 0 aliphatic heterocycles. The van der Waals surface area contributed by atoms with Crippen LogP contribution in [0, 0.1) is 0 Å². The predicted octanol–water partition coefficient (Wildman–Crippen LogP) is 1.75. The topological polar surface area (TPSA) is 66.4 Å². The Morgan fingerprint density at radius 3 is 2.67 bits per heavy atom. The smallest absolute Gasteiger partial charge is 0.133 e. The summed E-state index contributed by atoms with van der Waals surface area (Å²) in [6, 6.07) is 0. The number of carbonyl (C=O) groups excluding carboxylic acids is 2. The number of aliphatic hydroxyl groups is 1. The Hall–Kier alpha value is -0.390. The van der Waals surface area contributed by atoms with Crippen LogP contribution in [-0.2, 0) is 9.59 Å². The second kappa shape index (κ2) is 11.7. The minimum absolute atomic E-state index is 0.129. The Morgan fingerprint density at radius 2 is 2.11 bits per heavy atom. The summed E-state index contributed by atoms with van der Waals surface area (Å²) in [6.45, 7) is 4.32. The Balaban J connectivity index is 3.48. The summed E-state index contributed by atoms with van der Waals surface area (Å²) < 4.78 is 0. The first kappa shape index (κ1) is 17.6. The highest BCUT2D eigenvalue weighted by molar-refractivity contribution is 8.00. The highest BCUT2D eigenvalue weighted by Crippen LogP contribution is 2.13. The quantitative estimate of drug-likeness (QED) is 0.323. The molecule has 0 bridgehead atoms. The van der Waals surface area contributed by atoms with Crippen molar-refractivity contribution < 1.29 is 14.7 Å². The van der Waals surface area contributed by atoms with Crippen molar-refractivity contribution in [2.75, 3.05) is 12.3 Å². The van der Waals surface area contributed by atoms with Crippen molar-refractivity contribution in [3.05, 3.63) is 0 Å². The van der Waals surface area contributed by atoms with Gasteiger partial charge in [0, 0.05) is 12.8 Å². The van der Waals surface area contributed by atoms with Gasteiger partial charge in [-0.1, -0.05) is 13.3 Å². The number of Topliss-reactive ketones (excluding diaryl/α,β-unsaturated/α-hetero) is 1. The molecule has 0 aliphatic carbocycles. The monoisotopic (exact) mass is 275 g/mol. The summed E-state index contributed by atoms with van der Waals surface area (Å²) in [5.74, 6) is 1.11. The van der Waals surface area contributed by atoms with Gasteiger partial charge in [0.05, 0.1) is 5.25 Å². The maximum Gasteiger partial charge on any atom is 0.133 e. The maximum atomic E-state index is 10.7. The molecule has 0 aromatic rings. The second-order valence-electron chi connectivity index (χ2n) is 4.35. The summed E-state index contributed by atoms with van der Waals surface area (Å²) in [7, 11) is 0. The molecule has 0 spiro atoms. The third-order valence-corrected chi connectivity index (χ3v) is 3.64. The number of rotatable bonds is 12. The molecular formula is C13H25NO3S. The first-order chi connectivity index (χ1) is 8.60. The normalized spacial score (nSPS) is 14.2. The van der Waals surface area contributed by atoms with Gasteiger partial charge in [-0.25, -0.2) is 0 Å². The van der Waals surface area contributed by atoms with Crippen LogP contribution < -0.4 is 5.32 Å². The third-order valence-electron chi connectivity index (χ3n) is 2.57. The predicted molar refractivity (Wildman–Crippen MR) is 75.8 cm³/mol. The van der Waals surface area contributed by atoms with E-state index in [2.05, 4.69) is 5.32 Å². The lowest BCUT2D eigenvalue weighted by atomic mass is 10.1. The van der Waals surface area contributed by atoms with Gasteiger partial charge in [-0.05, 0) is 32.1 Å².